The van der Waals surface area contributed by atoms with Crippen LogP contribution in [-0.2, 0) is 11.3 Å². The summed E-state index contributed by atoms with van der Waals surface area (Å²) in [5.41, 5.74) is 2.21. The van der Waals surface area contributed by atoms with E-state index in [0.29, 0.717) is 22.7 Å². The highest BCUT2D eigenvalue weighted by atomic mass is 35.5. The first-order valence-electron chi connectivity index (χ1n) is 7.45. The summed E-state index contributed by atoms with van der Waals surface area (Å²) in [5.74, 6) is -0.101. The van der Waals surface area contributed by atoms with Crippen LogP contribution in [0.3, 0.4) is 0 Å². The number of ether oxygens (including phenoxy) is 2. The molecule has 3 aromatic heterocycles. The van der Waals surface area contributed by atoms with E-state index in [1.165, 1.54) is 24.3 Å². The molecule has 3 heterocycles. The molecule has 0 aliphatic carbocycles. The fraction of sp³-hybridized carbons (Fsp3) is 0.333. The van der Waals surface area contributed by atoms with Crippen molar-refractivity contribution in [1.82, 2.24) is 29.7 Å². The first kappa shape index (κ1) is 17.0. The predicted octanol–water partition coefficient (Wildman–Crippen LogP) is 1.81. The summed E-state index contributed by atoms with van der Waals surface area (Å²) >= 11 is 5.95. The lowest BCUT2D eigenvalue weighted by Gasteiger charge is -2.08. The number of hydrogen-bond donors (Lipinski definition) is 0. The van der Waals surface area contributed by atoms with Gasteiger partial charge >= 0.3 is 5.97 Å². The molecule has 25 heavy (non-hydrogen) atoms. The largest absolute Gasteiger partial charge is 0.481 e. The molecule has 0 atom stereocenters. The van der Waals surface area contributed by atoms with Crippen LogP contribution in [0.1, 0.15) is 28.7 Å². The predicted molar refractivity (Wildman–Crippen MR) is 88.7 cm³/mol. The summed E-state index contributed by atoms with van der Waals surface area (Å²) in [6.45, 7) is 4.03. The van der Waals surface area contributed by atoms with Crippen molar-refractivity contribution >= 4 is 28.7 Å². The summed E-state index contributed by atoms with van der Waals surface area (Å²) in [6.07, 6.45) is 2.76. The van der Waals surface area contributed by atoms with E-state index in [2.05, 4.69) is 25.0 Å². The normalized spacial score (nSPS) is 10.9. The highest BCUT2D eigenvalue weighted by Gasteiger charge is 2.22. The van der Waals surface area contributed by atoms with Crippen molar-refractivity contribution in [2.75, 3.05) is 13.7 Å². The molecular formula is C15H15ClN6O3. The van der Waals surface area contributed by atoms with Gasteiger partial charge in [-0.15, -0.1) is 0 Å². The molecule has 9 nitrogen and oxygen atoms in total. The van der Waals surface area contributed by atoms with Crippen LogP contribution in [0.5, 0.6) is 5.88 Å². The maximum Gasteiger partial charge on any atom is 0.361 e. The number of methoxy groups -OCH3 is 1. The molecule has 0 bridgehead atoms. The maximum absolute atomic E-state index is 12.1. The Morgan fingerprint density at radius 3 is 2.84 bits per heavy atom. The molecule has 0 saturated carbocycles. The van der Waals surface area contributed by atoms with Gasteiger partial charge in [-0.3, -0.25) is 0 Å². The summed E-state index contributed by atoms with van der Waals surface area (Å²) < 4.78 is 11.7. The van der Waals surface area contributed by atoms with Gasteiger partial charge in [0.25, 0.3) is 0 Å². The van der Waals surface area contributed by atoms with Gasteiger partial charge in [-0.2, -0.15) is 5.10 Å². The van der Waals surface area contributed by atoms with Gasteiger partial charge in [-0.05, 0) is 13.8 Å². The third-order valence-electron chi connectivity index (χ3n) is 3.52. The van der Waals surface area contributed by atoms with Crippen LogP contribution >= 0.6 is 11.6 Å². The number of esters is 1. The lowest BCUT2D eigenvalue weighted by molar-refractivity contribution is 0.0520. The number of hydrogen-bond acceptors (Lipinski definition) is 8. The number of nitrogens with zero attached hydrogens (tertiary/aromatic N) is 6. The van der Waals surface area contributed by atoms with E-state index in [1.807, 2.05) is 6.92 Å². The van der Waals surface area contributed by atoms with Crippen molar-refractivity contribution in [1.29, 1.82) is 0 Å². The number of rotatable bonds is 5. The van der Waals surface area contributed by atoms with Crippen LogP contribution in [0.4, 0.5) is 0 Å². The molecule has 0 aliphatic heterocycles. The summed E-state index contributed by atoms with van der Waals surface area (Å²) in [6, 6.07) is 0. The van der Waals surface area contributed by atoms with Gasteiger partial charge < -0.3 is 9.47 Å². The summed E-state index contributed by atoms with van der Waals surface area (Å²) in [4.78, 5) is 28.8. The Bertz CT molecular complexity index is 942. The molecular weight excluding hydrogens is 348 g/mol. The van der Waals surface area contributed by atoms with Crippen molar-refractivity contribution in [3.63, 3.8) is 0 Å². The zero-order chi connectivity index (χ0) is 18.0. The molecule has 10 heteroatoms. The first-order valence-corrected chi connectivity index (χ1v) is 7.83. The molecule has 0 fully saturated rings. The first-order chi connectivity index (χ1) is 12.0. The Hall–Kier alpha value is -2.81. The van der Waals surface area contributed by atoms with E-state index in [-0.39, 0.29) is 24.0 Å². The van der Waals surface area contributed by atoms with Crippen molar-refractivity contribution in [2.24, 2.45) is 0 Å². The highest BCUT2D eigenvalue weighted by Crippen LogP contribution is 2.21. The average Bonchev–Trinajstić information content (AvgIpc) is 2.95. The second-order valence-corrected chi connectivity index (χ2v) is 5.43. The van der Waals surface area contributed by atoms with Crippen LogP contribution in [0, 0.1) is 6.92 Å². The molecule has 0 aromatic carbocycles. The van der Waals surface area contributed by atoms with Crippen molar-refractivity contribution in [3.8, 4) is 5.88 Å². The average molecular weight is 363 g/mol. The van der Waals surface area contributed by atoms with E-state index in [4.69, 9.17) is 21.1 Å². The van der Waals surface area contributed by atoms with Crippen molar-refractivity contribution in [2.45, 2.75) is 20.4 Å². The van der Waals surface area contributed by atoms with Crippen LogP contribution in [-0.4, -0.2) is 49.4 Å². The fourth-order valence-corrected chi connectivity index (χ4v) is 2.47. The fourth-order valence-electron chi connectivity index (χ4n) is 2.34. The Labute approximate surface area is 148 Å². The van der Waals surface area contributed by atoms with E-state index in [1.54, 1.807) is 6.92 Å². The molecule has 0 spiro atoms. The van der Waals surface area contributed by atoms with Crippen LogP contribution in [0.2, 0.25) is 5.15 Å². The van der Waals surface area contributed by atoms with Crippen LogP contribution in [0.25, 0.3) is 11.2 Å². The summed E-state index contributed by atoms with van der Waals surface area (Å²) in [7, 11) is 1.53. The molecule has 0 saturated heterocycles. The smallest absolute Gasteiger partial charge is 0.361 e. The number of fused-ring (bicyclic) bond motifs is 1. The monoisotopic (exact) mass is 362 g/mol. The summed E-state index contributed by atoms with van der Waals surface area (Å²) in [5, 5.41) is 4.49. The SMILES string of the molecule is CCOC(=O)c1nn(Cc2ncnc(OC)c2C)c2nc(Cl)cnc12. The molecule has 3 rings (SSSR count). The van der Waals surface area contributed by atoms with Crippen LogP contribution in [0.15, 0.2) is 12.5 Å². The second-order valence-electron chi connectivity index (χ2n) is 5.05. The van der Waals surface area contributed by atoms with E-state index >= 15 is 0 Å². The van der Waals surface area contributed by atoms with Crippen LogP contribution < -0.4 is 4.74 Å². The lowest BCUT2D eigenvalue weighted by atomic mass is 10.2. The zero-order valence-corrected chi connectivity index (χ0v) is 14.6. The van der Waals surface area contributed by atoms with Gasteiger partial charge in [0.15, 0.2) is 11.3 Å². The van der Waals surface area contributed by atoms with Gasteiger partial charge in [-0.25, -0.2) is 29.4 Å². The molecule has 0 N–H and O–H groups in total. The van der Waals surface area contributed by atoms with Crippen molar-refractivity contribution in [3.05, 3.63) is 34.6 Å². The molecule has 130 valence electrons. The van der Waals surface area contributed by atoms with E-state index in [9.17, 15) is 4.79 Å². The lowest BCUT2D eigenvalue weighted by Crippen LogP contribution is -2.10. The standard InChI is InChI=1S/C15H15ClN6O3/c1-4-25-15(23)12-11-13(20-10(16)5-17-11)22(21-12)6-9-8(2)14(24-3)19-7-18-9/h5,7H,4,6H2,1-3H3. The Kier molecular flexibility index (Phi) is 4.75. The number of halogens is 1. The van der Waals surface area contributed by atoms with Gasteiger partial charge in [0.2, 0.25) is 5.88 Å². The third kappa shape index (κ3) is 3.22. The molecule has 0 unspecified atom stereocenters. The Morgan fingerprint density at radius 1 is 1.32 bits per heavy atom. The maximum atomic E-state index is 12.1. The minimum atomic E-state index is -0.570. The number of carbonyl (C=O) groups excluding carboxylic acids is 1. The van der Waals surface area contributed by atoms with Gasteiger partial charge in [0.05, 0.1) is 32.2 Å². The zero-order valence-electron chi connectivity index (χ0n) is 13.9. The van der Waals surface area contributed by atoms with Gasteiger partial charge in [0, 0.05) is 5.56 Å². The molecule has 0 aliphatic rings. The molecule has 3 aromatic rings. The highest BCUT2D eigenvalue weighted by molar-refractivity contribution is 6.29. The van der Waals surface area contributed by atoms with Gasteiger partial charge in [0.1, 0.15) is 17.0 Å². The van der Waals surface area contributed by atoms with E-state index in [0.717, 1.165) is 5.56 Å². The minimum Gasteiger partial charge on any atom is -0.481 e. The second kappa shape index (κ2) is 6.98. The minimum absolute atomic E-state index is 0.0830. The quantitative estimate of drug-likeness (QED) is 0.633. The number of carbonyl (C=O) groups is 1. The third-order valence-corrected chi connectivity index (χ3v) is 3.70. The molecule has 0 amide bonds. The number of aromatic nitrogens is 6. The Balaban J connectivity index is 2.10. The van der Waals surface area contributed by atoms with E-state index < -0.39 is 5.97 Å². The topological polar surface area (TPSA) is 105 Å². The van der Waals surface area contributed by atoms with Crippen molar-refractivity contribution < 1.29 is 14.3 Å². The Morgan fingerprint density at radius 2 is 2.12 bits per heavy atom. The molecule has 0 radical (unpaired) electrons. The van der Waals surface area contributed by atoms with Gasteiger partial charge in [-0.1, -0.05) is 11.6 Å².